The number of hydrogen-bond acceptors (Lipinski definition) is 6. The van der Waals surface area contributed by atoms with Gasteiger partial charge in [0, 0.05) is 17.7 Å². The topological polar surface area (TPSA) is 132 Å². The maximum Gasteiger partial charge on any atom is 0.495 e. The van der Waals surface area contributed by atoms with Crippen LogP contribution in [0, 0.1) is 5.41 Å². The van der Waals surface area contributed by atoms with E-state index in [2.05, 4.69) is 15.1 Å². The van der Waals surface area contributed by atoms with Crippen LogP contribution in [0.1, 0.15) is 18.4 Å². The Balaban J connectivity index is 2.36. The Morgan fingerprint density at radius 2 is 1.67 bits per heavy atom. The first-order valence-electron chi connectivity index (χ1n) is 6.32. The van der Waals surface area contributed by atoms with Crippen molar-refractivity contribution in [1.82, 2.24) is 0 Å². The summed E-state index contributed by atoms with van der Waals surface area (Å²) in [5.74, 6) is -4.76. The lowest BCUT2D eigenvalue weighted by atomic mass is 10.2. The Kier molecular flexibility index (Phi) is 6.27. The molecular formula is C13H12F3N3O5. The molecule has 4 N–H and O–H groups in total. The molecule has 130 valence electrons. The van der Waals surface area contributed by atoms with Crippen LogP contribution in [0.5, 0.6) is 0 Å². The zero-order valence-electron chi connectivity index (χ0n) is 12.0. The highest BCUT2D eigenvalue weighted by Crippen LogP contribution is 2.16. The molecule has 0 fully saturated rings. The molecule has 8 nitrogen and oxygen atoms in total. The minimum atomic E-state index is -5.29. The third-order valence-electron chi connectivity index (χ3n) is 2.48. The second kappa shape index (κ2) is 7.94. The van der Waals surface area contributed by atoms with E-state index in [0.717, 1.165) is 0 Å². The molecule has 0 saturated heterocycles. The minimum Gasteiger partial charge on any atom is -0.384 e. The van der Waals surface area contributed by atoms with Crippen molar-refractivity contribution in [3.63, 3.8) is 0 Å². The molecule has 1 rings (SSSR count). The molecule has 1 aromatic carbocycles. The molecule has 0 aliphatic carbocycles. The summed E-state index contributed by atoms with van der Waals surface area (Å²) in [6.45, 7) is 0. The van der Waals surface area contributed by atoms with E-state index in [-0.39, 0.29) is 5.84 Å². The number of amidine groups is 1. The SMILES string of the molecule is N=C(N)c1ccc(NC(=O)CCC(=O)OOC(=O)C(F)(F)F)cc1. The van der Waals surface area contributed by atoms with Crippen molar-refractivity contribution in [1.29, 1.82) is 5.41 Å². The summed E-state index contributed by atoms with van der Waals surface area (Å²) < 4.78 is 35.3. The van der Waals surface area contributed by atoms with Crippen LogP contribution in [0.2, 0.25) is 0 Å². The van der Waals surface area contributed by atoms with Gasteiger partial charge in [-0.25, -0.2) is 19.4 Å². The molecule has 0 spiro atoms. The smallest absolute Gasteiger partial charge is 0.384 e. The molecule has 0 aliphatic heterocycles. The predicted octanol–water partition coefficient (Wildman–Crippen LogP) is 1.25. The minimum absolute atomic E-state index is 0.149. The molecule has 0 saturated carbocycles. The van der Waals surface area contributed by atoms with Gasteiger partial charge in [-0.05, 0) is 24.3 Å². The predicted molar refractivity (Wildman–Crippen MR) is 73.6 cm³/mol. The Labute approximate surface area is 133 Å². The average Bonchev–Trinajstić information content (AvgIpc) is 2.50. The van der Waals surface area contributed by atoms with E-state index in [4.69, 9.17) is 11.1 Å². The number of nitrogen functional groups attached to an aromatic ring is 1. The van der Waals surface area contributed by atoms with Gasteiger partial charge >= 0.3 is 18.1 Å². The number of carbonyl (C=O) groups is 3. The first-order chi connectivity index (χ1) is 11.1. The third kappa shape index (κ3) is 6.34. The number of benzene rings is 1. The molecule has 24 heavy (non-hydrogen) atoms. The van der Waals surface area contributed by atoms with Crippen molar-refractivity contribution in [3.05, 3.63) is 29.8 Å². The molecule has 0 radical (unpaired) electrons. The number of hydrogen-bond donors (Lipinski definition) is 3. The second-order valence-corrected chi connectivity index (χ2v) is 4.36. The zero-order chi connectivity index (χ0) is 18.3. The first kappa shape index (κ1) is 18.9. The van der Waals surface area contributed by atoms with Crippen LogP contribution in [0.25, 0.3) is 0 Å². The van der Waals surface area contributed by atoms with E-state index in [1.165, 1.54) is 24.3 Å². The Morgan fingerprint density at radius 3 is 2.17 bits per heavy atom. The molecule has 0 atom stereocenters. The molecule has 11 heteroatoms. The quantitative estimate of drug-likeness (QED) is 0.318. The van der Waals surface area contributed by atoms with Gasteiger partial charge in [0.05, 0.1) is 6.42 Å². The number of anilines is 1. The molecule has 1 aromatic rings. The van der Waals surface area contributed by atoms with E-state index in [1.54, 1.807) is 0 Å². The van der Waals surface area contributed by atoms with Gasteiger partial charge in [0.2, 0.25) is 5.91 Å². The first-order valence-corrected chi connectivity index (χ1v) is 6.32. The van der Waals surface area contributed by atoms with Crippen LogP contribution in [0.4, 0.5) is 18.9 Å². The van der Waals surface area contributed by atoms with Gasteiger partial charge in [-0.2, -0.15) is 13.2 Å². The van der Waals surface area contributed by atoms with E-state index < -0.39 is 36.9 Å². The molecule has 1 amide bonds. The number of amides is 1. The van der Waals surface area contributed by atoms with Gasteiger partial charge in [0.1, 0.15) is 5.84 Å². The number of carbonyl (C=O) groups excluding carboxylic acids is 3. The largest absolute Gasteiger partial charge is 0.495 e. The van der Waals surface area contributed by atoms with E-state index >= 15 is 0 Å². The number of nitrogens with one attached hydrogen (secondary N) is 2. The number of alkyl halides is 3. The molecule has 0 aromatic heterocycles. The fraction of sp³-hybridized carbons (Fsp3) is 0.231. The lowest BCUT2D eigenvalue weighted by molar-refractivity contribution is -0.285. The summed E-state index contributed by atoms with van der Waals surface area (Å²) in [4.78, 5) is 39.8. The van der Waals surface area contributed by atoms with Gasteiger partial charge in [0.25, 0.3) is 0 Å². The van der Waals surface area contributed by atoms with E-state index in [0.29, 0.717) is 11.3 Å². The normalized spacial score (nSPS) is 10.6. The average molecular weight is 347 g/mol. The van der Waals surface area contributed by atoms with Crippen LogP contribution in [-0.2, 0) is 24.2 Å². The lowest BCUT2D eigenvalue weighted by Crippen LogP contribution is -2.26. The summed E-state index contributed by atoms with van der Waals surface area (Å²) >= 11 is 0. The maximum absolute atomic E-state index is 11.8. The van der Waals surface area contributed by atoms with Crippen LogP contribution < -0.4 is 11.1 Å². The van der Waals surface area contributed by atoms with Crippen molar-refractivity contribution in [2.24, 2.45) is 5.73 Å². The standard InChI is InChI=1S/C13H12F3N3O5/c14-13(15,16)12(22)24-23-10(21)6-5-9(20)19-8-3-1-7(2-4-8)11(17)18/h1-4H,5-6H2,(H3,17,18)(H,19,20). The summed E-state index contributed by atoms with van der Waals surface area (Å²) in [7, 11) is 0. The maximum atomic E-state index is 11.8. The van der Waals surface area contributed by atoms with Crippen LogP contribution in [0.15, 0.2) is 24.3 Å². The van der Waals surface area contributed by atoms with Crippen LogP contribution >= 0.6 is 0 Å². The van der Waals surface area contributed by atoms with Crippen LogP contribution in [0.3, 0.4) is 0 Å². The van der Waals surface area contributed by atoms with Crippen LogP contribution in [-0.4, -0.2) is 29.9 Å². The Bertz CT molecular complexity index is 643. The molecule has 0 heterocycles. The van der Waals surface area contributed by atoms with Gasteiger partial charge in [-0.3, -0.25) is 10.2 Å². The highest BCUT2D eigenvalue weighted by Gasteiger charge is 2.43. The summed E-state index contributed by atoms with van der Waals surface area (Å²) in [6, 6.07) is 5.92. The lowest BCUT2D eigenvalue weighted by Gasteiger charge is -2.07. The molecular weight excluding hydrogens is 335 g/mol. The van der Waals surface area contributed by atoms with Crippen molar-refractivity contribution in [2.45, 2.75) is 19.0 Å². The van der Waals surface area contributed by atoms with E-state index in [9.17, 15) is 27.6 Å². The highest BCUT2D eigenvalue weighted by atomic mass is 19.4. The van der Waals surface area contributed by atoms with Crippen molar-refractivity contribution in [2.75, 3.05) is 5.32 Å². The van der Waals surface area contributed by atoms with Gasteiger partial charge in [0.15, 0.2) is 0 Å². The highest BCUT2D eigenvalue weighted by molar-refractivity contribution is 5.96. The fourth-order valence-corrected chi connectivity index (χ4v) is 1.35. The summed E-state index contributed by atoms with van der Waals surface area (Å²) in [5, 5.41) is 9.61. The molecule has 0 unspecified atom stereocenters. The number of nitrogens with two attached hydrogens (primary N) is 1. The van der Waals surface area contributed by atoms with Crippen molar-refractivity contribution < 1.29 is 37.3 Å². The van der Waals surface area contributed by atoms with Crippen molar-refractivity contribution in [3.8, 4) is 0 Å². The second-order valence-electron chi connectivity index (χ2n) is 4.36. The van der Waals surface area contributed by atoms with Gasteiger partial charge < -0.3 is 11.1 Å². The van der Waals surface area contributed by atoms with E-state index in [1.807, 2.05) is 0 Å². The molecule has 0 aliphatic rings. The summed E-state index contributed by atoms with van der Waals surface area (Å²) in [5.41, 5.74) is 6.07. The van der Waals surface area contributed by atoms with Gasteiger partial charge in [-0.15, -0.1) is 0 Å². The Morgan fingerprint density at radius 1 is 1.08 bits per heavy atom. The number of rotatable bonds is 5. The third-order valence-corrected chi connectivity index (χ3v) is 2.48. The zero-order valence-corrected chi connectivity index (χ0v) is 12.0. The van der Waals surface area contributed by atoms with Crippen molar-refractivity contribution >= 4 is 29.4 Å². The van der Waals surface area contributed by atoms with Gasteiger partial charge in [-0.1, -0.05) is 0 Å². The molecule has 0 bridgehead atoms. The fourth-order valence-electron chi connectivity index (χ4n) is 1.35. The summed E-state index contributed by atoms with van der Waals surface area (Å²) in [6.07, 6.45) is -6.29. The monoisotopic (exact) mass is 347 g/mol. The number of halogens is 3. The Hall–Kier alpha value is -3.11.